The summed E-state index contributed by atoms with van der Waals surface area (Å²) < 4.78 is 0. The maximum absolute atomic E-state index is 10.8. The quantitative estimate of drug-likeness (QED) is 0.260. The minimum Gasteiger partial charge on any atom is -0.362 e. The molecule has 120 valence electrons. The van der Waals surface area contributed by atoms with Gasteiger partial charge in [-0.15, -0.1) is 11.8 Å². The lowest BCUT2D eigenvalue weighted by atomic mass is 10.3. The minimum atomic E-state index is -0.527. The number of rotatable bonds is 6. The van der Waals surface area contributed by atoms with Crippen LogP contribution in [0.4, 0.5) is 11.4 Å². The number of nitrogens with zero attached hydrogens (tertiary/aromatic N) is 1. The first kappa shape index (κ1) is 17.5. The van der Waals surface area contributed by atoms with Crippen LogP contribution in [0, 0.1) is 10.1 Å². The van der Waals surface area contributed by atoms with Crippen molar-refractivity contribution >= 4 is 52.1 Å². The van der Waals surface area contributed by atoms with E-state index < -0.39 is 4.92 Å². The van der Waals surface area contributed by atoms with E-state index in [0.717, 1.165) is 5.75 Å². The smallest absolute Gasteiger partial charge is 0.289 e. The van der Waals surface area contributed by atoms with Crippen molar-refractivity contribution in [2.24, 2.45) is 0 Å². The van der Waals surface area contributed by atoms with Crippen molar-refractivity contribution in [3.05, 3.63) is 63.7 Å². The highest BCUT2D eigenvalue weighted by atomic mass is 35.5. The second kappa shape index (κ2) is 8.71. The number of nitro benzene ring substituents is 1. The lowest BCUT2D eigenvalue weighted by Gasteiger charge is -2.10. The fourth-order valence-electron chi connectivity index (χ4n) is 1.76. The zero-order chi connectivity index (χ0) is 16.7. The fraction of sp³-hybridized carbons (Fsp3) is 0.133. The van der Waals surface area contributed by atoms with E-state index in [9.17, 15) is 10.1 Å². The summed E-state index contributed by atoms with van der Waals surface area (Å²) in [5.41, 5.74) is 0.369. The van der Waals surface area contributed by atoms with Gasteiger partial charge in [0, 0.05) is 28.9 Å². The van der Waals surface area contributed by atoms with Gasteiger partial charge >= 0.3 is 0 Å². The third kappa shape index (κ3) is 5.70. The van der Waals surface area contributed by atoms with E-state index in [0.29, 0.717) is 17.3 Å². The van der Waals surface area contributed by atoms with Crippen molar-refractivity contribution in [1.82, 2.24) is 5.32 Å². The standard InChI is InChI=1S/C15H14ClN3O2S2/c16-13-7-6-11(10-14(13)19(20)21)18-15(22)17-8-9-23-12-4-2-1-3-5-12/h1-7,10H,8-9H2,(H2,17,18,22). The number of nitrogens with one attached hydrogen (secondary N) is 2. The van der Waals surface area contributed by atoms with Crippen LogP contribution in [0.5, 0.6) is 0 Å². The minimum absolute atomic E-state index is 0.0960. The summed E-state index contributed by atoms with van der Waals surface area (Å²) in [5.74, 6) is 0.854. The van der Waals surface area contributed by atoms with Crippen molar-refractivity contribution < 1.29 is 4.92 Å². The molecule has 8 heteroatoms. The van der Waals surface area contributed by atoms with Gasteiger partial charge in [0.2, 0.25) is 0 Å². The van der Waals surface area contributed by atoms with E-state index in [1.54, 1.807) is 17.8 Å². The van der Waals surface area contributed by atoms with Crippen LogP contribution in [-0.2, 0) is 0 Å². The molecule has 0 aliphatic rings. The number of thioether (sulfide) groups is 1. The van der Waals surface area contributed by atoms with Crippen molar-refractivity contribution in [1.29, 1.82) is 0 Å². The number of nitro groups is 1. The maximum atomic E-state index is 10.8. The Bertz CT molecular complexity index is 698. The van der Waals surface area contributed by atoms with Gasteiger partial charge in [-0.2, -0.15) is 0 Å². The molecule has 0 aliphatic carbocycles. The largest absolute Gasteiger partial charge is 0.362 e. The molecule has 2 aromatic carbocycles. The van der Waals surface area contributed by atoms with E-state index >= 15 is 0 Å². The molecule has 2 aromatic rings. The zero-order valence-corrected chi connectivity index (χ0v) is 14.4. The highest BCUT2D eigenvalue weighted by Crippen LogP contribution is 2.27. The zero-order valence-electron chi connectivity index (χ0n) is 12.0. The molecule has 0 heterocycles. The summed E-state index contributed by atoms with van der Waals surface area (Å²) in [5, 5.41) is 17.3. The first-order valence-corrected chi connectivity index (χ1v) is 8.50. The molecule has 2 rings (SSSR count). The Balaban J connectivity index is 1.79. The first-order chi connectivity index (χ1) is 11.1. The Morgan fingerprint density at radius 3 is 2.70 bits per heavy atom. The molecule has 2 N–H and O–H groups in total. The number of halogens is 1. The summed E-state index contributed by atoms with van der Waals surface area (Å²) in [6.07, 6.45) is 0. The van der Waals surface area contributed by atoms with Crippen LogP contribution in [0.1, 0.15) is 0 Å². The lowest BCUT2D eigenvalue weighted by molar-refractivity contribution is -0.384. The Morgan fingerprint density at radius 2 is 2.00 bits per heavy atom. The highest BCUT2D eigenvalue weighted by molar-refractivity contribution is 7.99. The summed E-state index contributed by atoms with van der Waals surface area (Å²) in [6.45, 7) is 0.682. The Hall–Kier alpha value is -1.83. The molecule has 0 saturated carbocycles. The normalized spacial score (nSPS) is 10.1. The maximum Gasteiger partial charge on any atom is 0.289 e. The van der Waals surface area contributed by atoms with E-state index in [4.69, 9.17) is 23.8 Å². The first-order valence-electron chi connectivity index (χ1n) is 6.73. The van der Waals surface area contributed by atoms with Crippen molar-refractivity contribution in [2.75, 3.05) is 17.6 Å². The van der Waals surface area contributed by atoms with Crippen molar-refractivity contribution in [3.8, 4) is 0 Å². The van der Waals surface area contributed by atoms with Crippen LogP contribution >= 0.6 is 35.6 Å². The monoisotopic (exact) mass is 367 g/mol. The predicted molar refractivity (Wildman–Crippen MR) is 99.5 cm³/mol. The summed E-state index contributed by atoms with van der Waals surface area (Å²) in [6, 6.07) is 14.5. The van der Waals surface area contributed by atoms with E-state index in [1.165, 1.54) is 17.0 Å². The highest BCUT2D eigenvalue weighted by Gasteiger charge is 2.13. The van der Waals surface area contributed by atoms with Crippen LogP contribution in [0.2, 0.25) is 5.02 Å². The third-order valence-electron chi connectivity index (χ3n) is 2.80. The van der Waals surface area contributed by atoms with Crippen molar-refractivity contribution in [3.63, 3.8) is 0 Å². The molecule has 0 spiro atoms. The molecular weight excluding hydrogens is 354 g/mol. The fourth-order valence-corrected chi connectivity index (χ4v) is 2.95. The lowest BCUT2D eigenvalue weighted by Crippen LogP contribution is -2.30. The number of hydrogen-bond acceptors (Lipinski definition) is 4. The average Bonchev–Trinajstić information content (AvgIpc) is 2.54. The van der Waals surface area contributed by atoms with Crippen molar-refractivity contribution in [2.45, 2.75) is 4.90 Å². The molecule has 0 atom stereocenters. The number of hydrogen-bond donors (Lipinski definition) is 2. The molecule has 0 fully saturated rings. The van der Waals surface area contributed by atoms with Gasteiger partial charge < -0.3 is 10.6 Å². The number of benzene rings is 2. The van der Waals surface area contributed by atoms with E-state index in [-0.39, 0.29) is 10.7 Å². The Kier molecular flexibility index (Phi) is 6.64. The van der Waals surface area contributed by atoms with Gasteiger partial charge in [-0.1, -0.05) is 29.8 Å². The molecule has 0 amide bonds. The summed E-state index contributed by atoms with van der Waals surface area (Å²) in [7, 11) is 0. The average molecular weight is 368 g/mol. The van der Waals surface area contributed by atoms with Gasteiger partial charge in [-0.3, -0.25) is 10.1 Å². The number of thiocarbonyl (C=S) groups is 1. The van der Waals surface area contributed by atoms with Crippen LogP contribution in [0.3, 0.4) is 0 Å². The Labute approximate surface area is 148 Å². The molecule has 5 nitrogen and oxygen atoms in total. The molecule has 0 aromatic heterocycles. The summed E-state index contributed by atoms with van der Waals surface area (Å²) >= 11 is 12.7. The third-order valence-corrected chi connectivity index (χ3v) is 4.38. The van der Waals surface area contributed by atoms with Crippen LogP contribution in [-0.4, -0.2) is 22.3 Å². The van der Waals surface area contributed by atoms with Gasteiger partial charge in [-0.05, 0) is 36.5 Å². The van der Waals surface area contributed by atoms with Gasteiger partial charge in [-0.25, -0.2) is 0 Å². The molecule has 0 saturated heterocycles. The molecule has 0 aliphatic heterocycles. The van der Waals surface area contributed by atoms with Gasteiger partial charge in [0.1, 0.15) is 5.02 Å². The second-order valence-electron chi connectivity index (χ2n) is 4.47. The number of anilines is 1. The Morgan fingerprint density at radius 1 is 1.26 bits per heavy atom. The second-order valence-corrected chi connectivity index (χ2v) is 6.45. The molecule has 0 radical (unpaired) electrons. The van der Waals surface area contributed by atoms with Gasteiger partial charge in [0.25, 0.3) is 5.69 Å². The molecule has 0 bridgehead atoms. The van der Waals surface area contributed by atoms with Crippen LogP contribution in [0.25, 0.3) is 0 Å². The summed E-state index contributed by atoms with van der Waals surface area (Å²) in [4.78, 5) is 11.5. The predicted octanol–water partition coefficient (Wildman–Crippen LogP) is 4.33. The van der Waals surface area contributed by atoms with E-state index in [2.05, 4.69) is 10.6 Å². The van der Waals surface area contributed by atoms with E-state index in [1.807, 2.05) is 30.3 Å². The molecule has 23 heavy (non-hydrogen) atoms. The van der Waals surface area contributed by atoms with Crippen LogP contribution in [0.15, 0.2) is 53.4 Å². The van der Waals surface area contributed by atoms with Gasteiger partial charge in [0.15, 0.2) is 5.11 Å². The molecule has 0 unspecified atom stereocenters. The SMILES string of the molecule is O=[N+]([O-])c1cc(NC(=S)NCCSc2ccccc2)ccc1Cl. The van der Waals surface area contributed by atoms with Crippen LogP contribution < -0.4 is 10.6 Å². The molecular formula is C15H14ClN3O2S2. The topological polar surface area (TPSA) is 67.2 Å². The van der Waals surface area contributed by atoms with Gasteiger partial charge in [0.05, 0.1) is 4.92 Å².